The van der Waals surface area contributed by atoms with Gasteiger partial charge in [-0.05, 0) is 50.3 Å². The summed E-state index contributed by atoms with van der Waals surface area (Å²) in [6.45, 7) is 3.67. The number of rotatable bonds is 3. The summed E-state index contributed by atoms with van der Waals surface area (Å²) >= 11 is 0. The Bertz CT molecular complexity index is 856. The number of carbonyl (C=O) groups excluding carboxylic acids is 1. The number of nitrogens with one attached hydrogen (secondary N) is 1. The Morgan fingerprint density at radius 2 is 1.89 bits per heavy atom. The van der Waals surface area contributed by atoms with Crippen LogP contribution in [0.5, 0.6) is 0 Å². The molecule has 3 aliphatic rings. The quantitative estimate of drug-likeness (QED) is 0.844. The maximum Gasteiger partial charge on any atom is 0.416 e. The van der Waals surface area contributed by atoms with E-state index in [1.54, 1.807) is 0 Å². The molecule has 2 aliphatic heterocycles. The fourth-order valence-electron chi connectivity index (χ4n) is 3.81. The SMILES string of the molecule is CC1CC(c2ccc(C(F)(F)F)cc2)=NN1C1=C(O)C(C)(C2CC2)NC1=O. The number of alkyl halides is 3. The van der Waals surface area contributed by atoms with E-state index in [-0.39, 0.29) is 29.3 Å². The fourth-order valence-corrected chi connectivity index (χ4v) is 3.81. The monoisotopic (exact) mass is 379 g/mol. The molecule has 2 unspecified atom stereocenters. The molecule has 1 amide bonds. The van der Waals surface area contributed by atoms with Crippen LogP contribution in [0.3, 0.4) is 0 Å². The van der Waals surface area contributed by atoms with E-state index in [0.717, 1.165) is 25.0 Å². The molecule has 0 radical (unpaired) electrons. The zero-order chi connectivity index (χ0) is 19.6. The summed E-state index contributed by atoms with van der Waals surface area (Å²) in [5.41, 5.74) is -0.187. The Morgan fingerprint density at radius 3 is 2.44 bits per heavy atom. The smallest absolute Gasteiger partial charge is 0.416 e. The van der Waals surface area contributed by atoms with Gasteiger partial charge in [-0.15, -0.1) is 0 Å². The van der Waals surface area contributed by atoms with Crippen molar-refractivity contribution in [2.75, 3.05) is 0 Å². The van der Waals surface area contributed by atoms with Gasteiger partial charge in [0.25, 0.3) is 5.91 Å². The van der Waals surface area contributed by atoms with Crippen LogP contribution in [-0.4, -0.2) is 33.3 Å². The average Bonchev–Trinajstić information content (AvgIpc) is 3.35. The van der Waals surface area contributed by atoms with Crippen molar-refractivity contribution in [3.63, 3.8) is 0 Å². The molecule has 144 valence electrons. The van der Waals surface area contributed by atoms with E-state index in [2.05, 4.69) is 10.4 Å². The van der Waals surface area contributed by atoms with E-state index in [0.29, 0.717) is 17.7 Å². The van der Waals surface area contributed by atoms with Crippen molar-refractivity contribution in [3.8, 4) is 0 Å². The van der Waals surface area contributed by atoms with Crippen LogP contribution in [0.2, 0.25) is 0 Å². The molecular formula is C19H20F3N3O2. The summed E-state index contributed by atoms with van der Waals surface area (Å²) in [6, 6.07) is 4.62. The second kappa shape index (κ2) is 5.74. The van der Waals surface area contributed by atoms with Gasteiger partial charge >= 0.3 is 6.18 Å². The Kier molecular flexibility index (Phi) is 3.80. The van der Waals surface area contributed by atoms with Crippen molar-refractivity contribution in [2.45, 2.75) is 50.9 Å². The second-order valence-electron chi connectivity index (χ2n) is 7.65. The summed E-state index contributed by atoms with van der Waals surface area (Å²) in [7, 11) is 0. The lowest BCUT2D eigenvalue weighted by molar-refractivity contribution is -0.137. The molecule has 8 heteroatoms. The number of aliphatic hydroxyl groups excluding tert-OH is 1. The molecular weight excluding hydrogens is 359 g/mol. The molecule has 1 aromatic carbocycles. The molecule has 0 bridgehead atoms. The van der Waals surface area contributed by atoms with Crippen molar-refractivity contribution in [1.82, 2.24) is 10.3 Å². The van der Waals surface area contributed by atoms with Gasteiger partial charge in [-0.1, -0.05) is 12.1 Å². The van der Waals surface area contributed by atoms with E-state index in [1.165, 1.54) is 17.1 Å². The number of carbonyl (C=O) groups is 1. The third-order valence-corrected chi connectivity index (χ3v) is 5.61. The highest BCUT2D eigenvalue weighted by molar-refractivity contribution is 6.03. The van der Waals surface area contributed by atoms with Gasteiger partial charge in [0, 0.05) is 6.42 Å². The van der Waals surface area contributed by atoms with Crippen molar-refractivity contribution < 1.29 is 23.1 Å². The van der Waals surface area contributed by atoms with Gasteiger partial charge in [-0.2, -0.15) is 18.3 Å². The lowest BCUT2D eigenvalue weighted by Gasteiger charge is -2.24. The molecule has 1 fully saturated rings. The molecule has 0 saturated heterocycles. The van der Waals surface area contributed by atoms with Crippen LogP contribution in [-0.2, 0) is 11.0 Å². The highest BCUT2D eigenvalue weighted by Gasteiger charge is 2.53. The maximum atomic E-state index is 12.7. The Morgan fingerprint density at radius 1 is 1.26 bits per heavy atom. The van der Waals surface area contributed by atoms with E-state index >= 15 is 0 Å². The second-order valence-corrected chi connectivity index (χ2v) is 7.65. The van der Waals surface area contributed by atoms with Crippen LogP contribution < -0.4 is 5.32 Å². The molecule has 2 heterocycles. The van der Waals surface area contributed by atoms with Crippen LogP contribution in [0.1, 0.15) is 44.2 Å². The third kappa shape index (κ3) is 2.87. The predicted molar refractivity (Wildman–Crippen MR) is 92.8 cm³/mol. The van der Waals surface area contributed by atoms with Crippen molar-refractivity contribution >= 4 is 11.6 Å². The maximum absolute atomic E-state index is 12.7. The first-order chi connectivity index (χ1) is 12.6. The zero-order valence-electron chi connectivity index (χ0n) is 15.0. The van der Waals surface area contributed by atoms with E-state index in [4.69, 9.17) is 0 Å². The van der Waals surface area contributed by atoms with Gasteiger partial charge in [-0.25, -0.2) is 0 Å². The number of halogens is 3. The number of aliphatic hydroxyl groups is 1. The van der Waals surface area contributed by atoms with Gasteiger partial charge < -0.3 is 10.4 Å². The minimum absolute atomic E-state index is 0.000677. The third-order valence-electron chi connectivity index (χ3n) is 5.61. The molecule has 1 aliphatic carbocycles. The first kappa shape index (κ1) is 17.9. The predicted octanol–water partition coefficient (Wildman–Crippen LogP) is 3.57. The standard InChI is InChI=1S/C19H20F3N3O2/c1-10-9-14(11-3-5-13(6-4-11)19(20,21)22)24-25(10)15-16(26)18(2,12-7-8-12)23-17(15)27/h3-6,10,12,26H,7-9H2,1-2H3,(H,23,27). The molecule has 2 atom stereocenters. The molecule has 1 saturated carbocycles. The van der Waals surface area contributed by atoms with E-state index in [9.17, 15) is 23.1 Å². The molecule has 27 heavy (non-hydrogen) atoms. The lowest BCUT2D eigenvalue weighted by Crippen LogP contribution is -2.43. The summed E-state index contributed by atoms with van der Waals surface area (Å²) < 4.78 is 38.2. The summed E-state index contributed by atoms with van der Waals surface area (Å²) in [4.78, 5) is 12.5. The van der Waals surface area contributed by atoms with Crippen LogP contribution in [0.25, 0.3) is 0 Å². The van der Waals surface area contributed by atoms with Crippen molar-refractivity contribution in [1.29, 1.82) is 0 Å². The molecule has 0 aromatic heterocycles. The fraction of sp³-hybridized carbons (Fsp3) is 0.474. The molecule has 0 spiro atoms. The molecule has 2 N–H and O–H groups in total. The highest BCUT2D eigenvalue weighted by Crippen LogP contribution is 2.46. The summed E-state index contributed by atoms with van der Waals surface area (Å²) in [6.07, 6.45) is -2.02. The lowest BCUT2D eigenvalue weighted by atomic mass is 9.95. The summed E-state index contributed by atoms with van der Waals surface area (Å²) in [5.74, 6) is -0.152. The minimum atomic E-state index is -4.39. The van der Waals surface area contributed by atoms with Gasteiger partial charge in [0.05, 0.1) is 22.9 Å². The molecule has 5 nitrogen and oxygen atoms in total. The van der Waals surface area contributed by atoms with Gasteiger partial charge in [0.15, 0.2) is 5.70 Å². The van der Waals surface area contributed by atoms with Gasteiger partial charge in [0.2, 0.25) is 0 Å². The number of amides is 1. The normalized spacial score (nSPS) is 28.6. The Labute approximate surface area is 154 Å². The van der Waals surface area contributed by atoms with Crippen LogP contribution in [0.4, 0.5) is 13.2 Å². The average molecular weight is 379 g/mol. The highest BCUT2D eigenvalue weighted by atomic mass is 19.4. The number of hydrogen-bond donors (Lipinski definition) is 2. The van der Waals surface area contributed by atoms with Crippen LogP contribution >= 0.6 is 0 Å². The number of hydrazone groups is 1. The first-order valence-electron chi connectivity index (χ1n) is 8.92. The summed E-state index contributed by atoms with van der Waals surface area (Å²) in [5, 5.41) is 19.5. The topological polar surface area (TPSA) is 64.9 Å². The number of benzene rings is 1. The first-order valence-corrected chi connectivity index (χ1v) is 8.92. The van der Waals surface area contributed by atoms with E-state index in [1.807, 2.05) is 13.8 Å². The Balaban J connectivity index is 1.64. The largest absolute Gasteiger partial charge is 0.507 e. The zero-order valence-corrected chi connectivity index (χ0v) is 15.0. The van der Waals surface area contributed by atoms with Crippen molar-refractivity contribution in [3.05, 3.63) is 46.8 Å². The minimum Gasteiger partial charge on any atom is -0.507 e. The molecule has 4 rings (SSSR count). The van der Waals surface area contributed by atoms with Crippen molar-refractivity contribution in [2.24, 2.45) is 11.0 Å². The number of hydrogen-bond acceptors (Lipinski definition) is 4. The van der Waals surface area contributed by atoms with E-state index < -0.39 is 17.3 Å². The van der Waals surface area contributed by atoms with Crippen LogP contribution in [0.15, 0.2) is 40.8 Å². The number of nitrogens with zero attached hydrogens (tertiary/aromatic N) is 2. The Hall–Kier alpha value is -2.51. The van der Waals surface area contributed by atoms with Gasteiger partial charge in [-0.3, -0.25) is 9.80 Å². The van der Waals surface area contributed by atoms with Crippen LogP contribution in [0, 0.1) is 5.92 Å². The van der Waals surface area contributed by atoms with Gasteiger partial charge in [0.1, 0.15) is 5.76 Å². The molecule has 1 aromatic rings.